The number of para-hydroxylation sites is 1. The number of hydrogen-bond acceptors (Lipinski definition) is 3. The van der Waals surface area contributed by atoms with Gasteiger partial charge in [-0.05, 0) is 43.2 Å². The average Bonchev–Trinajstić information content (AvgIpc) is 3.14. The molecule has 0 bridgehead atoms. The van der Waals surface area contributed by atoms with Crippen molar-refractivity contribution in [2.45, 2.75) is 25.0 Å². The monoisotopic (exact) mass is 383 g/mol. The van der Waals surface area contributed by atoms with E-state index in [2.05, 4.69) is 4.98 Å². The van der Waals surface area contributed by atoms with Gasteiger partial charge in [0.05, 0.1) is 17.5 Å². The molecule has 1 unspecified atom stereocenters. The lowest BCUT2D eigenvalue weighted by Crippen LogP contribution is -2.31. The van der Waals surface area contributed by atoms with Crippen LogP contribution in [0.1, 0.15) is 24.1 Å². The van der Waals surface area contributed by atoms with Gasteiger partial charge in [0.1, 0.15) is 5.82 Å². The second kappa shape index (κ2) is 8.39. The molecule has 0 saturated heterocycles. The molecule has 1 aromatic heterocycles. The van der Waals surface area contributed by atoms with Crippen molar-refractivity contribution in [2.24, 2.45) is 0 Å². The number of hydrogen-bond donors (Lipinski definition) is 0. The summed E-state index contributed by atoms with van der Waals surface area (Å²) in [5.41, 5.74) is 3.10. The molecule has 0 spiro atoms. The van der Waals surface area contributed by atoms with Crippen molar-refractivity contribution < 1.29 is 9.18 Å². The molecule has 3 aromatic rings. The Morgan fingerprint density at radius 3 is 2.63 bits per heavy atom. The highest BCUT2D eigenvalue weighted by Gasteiger charge is 2.19. The number of amides is 1. The van der Waals surface area contributed by atoms with E-state index in [0.29, 0.717) is 0 Å². The zero-order chi connectivity index (χ0) is 19.4. The Labute approximate surface area is 163 Å². The van der Waals surface area contributed by atoms with E-state index in [4.69, 9.17) is 0 Å². The smallest absolute Gasteiger partial charge is 0.233 e. The van der Waals surface area contributed by atoms with Crippen LogP contribution in [0.3, 0.4) is 0 Å². The van der Waals surface area contributed by atoms with Gasteiger partial charge in [0.15, 0.2) is 5.16 Å². The summed E-state index contributed by atoms with van der Waals surface area (Å²) in [7, 11) is 1.77. The van der Waals surface area contributed by atoms with E-state index in [1.807, 2.05) is 48.9 Å². The Morgan fingerprint density at radius 1 is 1.22 bits per heavy atom. The second-order valence-corrected chi connectivity index (χ2v) is 7.33. The Hall–Kier alpha value is -2.60. The van der Waals surface area contributed by atoms with Crippen LogP contribution in [-0.4, -0.2) is 33.2 Å². The van der Waals surface area contributed by atoms with Gasteiger partial charge in [0.2, 0.25) is 5.91 Å². The highest BCUT2D eigenvalue weighted by Crippen LogP contribution is 2.24. The van der Waals surface area contributed by atoms with Crippen LogP contribution in [0.5, 0.6) is 0 Å². The van der Waals surface area contributed by atoms with Gasteiger partial charge in [-0.1, -0.05) is 42.1 Å². The van der Waals surface area contributed by atoms with Gasteiger partial charge in [0.25, 0.3) is 0 Å². The van der Waals surface area contributed by atoms with Crippen molar-refractivity contribution >= 4 is 17.7 Å². The first-order chi connectivity index (χ1) is 13.0. The molecule has 0 aliphatic carbocycles. The molecular weight excluding hydrogens is 361 g/mol. The van der Waals surface area contributed by atoms with Crippen molar-refractivity contribution in [3.63, 3.8) is 0 Å². The first kappa shape index (κ1) is 19.2. The molecule has 0 saturated carbocycles. The molecule has 6 heteroatoms. The standard InChI is InChI=1S/C21H22FN3OS/c1-15-6-4-5-7-19(15)25-13-12-23-21(25)27-14-20(26)24(3)16(2)17-8-10-18(22)11-9-17/h4-13,16H,14H2,1-3H3. The Morgan fingerprint density at radius 2 is 1.93 bits per heavy atom. The van der Waals surface area contributed by atoms with Crippen LogP contribution in [0, 0.1) is 12.7 Å². The van der Waals surface area contributed by atoms with Crippen molar-refractivity contribution in [1.29, 1.82) is 0 Å². The number of carbonyl (C=O) groups is 1. The maximum absolute atomic E-state index is 13.1. The van der Waals surface area contributed by atoms with Crippen LogP contribution in [0.25, 0.3) is 5.69 Å². The Bertz CT molecular complexity index is 923. The number of thioether (sulfide) groups is 1. The van der Waals surface area contributed by atoms with Crippen LogP contribution in [0.4, 0.5) is 4.39 Å². The van der Waals surface area contributed by atoms with Crippen molar-refractivity contribution in [1.82, 2.24) is 14.5 Å². The van der Waals surface area contributed by atoms with Crippen LogP contribution in [-0.2, 0) is 4.79 Å². The van der Waals surface area contributed by atoms with Crippen molar-refractivity contribution in [3.05, 3.63) is 77.9 Å². The largest absolute Gasteiger partial charge is 0.338 e. The molecule has 0 aliphatic heterocycles. The quantitative estimate of drug-likeness (QED) is 0.583. The number of rotatable bonds is 6. The number of carbonyl (C=O) groups excluding carboxylic acids is 1. The predicted molar refractivity (Wildman–Crippen MR) is 107 cm³/mol. The molecule has 140 valence electrons. The molecule has 0 radical (unpaired) electrons. The molecule has 3 rings (SSSR count). The highest BCUT2D eigenvalue weighted by molar-refractivity contribution is 7.99. The minimum absolute atomic E-state index is 0.00356. The van der Waals surface area contributed by atoms with Gasteiger partial charge < -0.3 is 4.90 Å². The average molecular weight is 383 g/mol. The van der Waals surface area contributed by atoms with Gasteiger partial charge in [-0.2, -0.15) is 0 Å². The molecule has 0 fully saturated rings. The molecule has 1 heterocycles. The molecule has 0 N–H and O–H groups in total. The molecule has 2 aromatic carbocycles. The summed E-state index contributed by atoms with van der Waals surface area (Å²) in [6.07, 6.45) is 3.64. The van der Waals surface area contributed by atoms with Gasteiger partial charge in [0, 0.05) is 19.4 Å². The minimum Gasteiger partial charge on any atom is -0.338 e. The number of aromatic nitrogens is 2. The third-order valence-corrected chi connectivity index (χ3v) is 5.58. The summed E-state index contributed by atoms with van der Waals surface area (Å²) >= 11 is 1.41. The normalized spacial score (nSPS) is 12.0. The van der Waals surface area contributed by atoms with E-state index in [1.54, 1.807) is 30.3 Å². The molecule has 0 aliphatic rings. The predicted octanol–water partition coefficient (Wildman–Crippen LogP) is 4.63. The van der Waals surface area contributed by atoms with Gasteiger partial charge in [-0.15, -0.1) is 0 Å². The zero-order valence-electron chi connectivity index (χ0n) is 15.6. The minimum atomic E-state index is -0.279. The van der Waals surface area contributed by atoms with Gasteiger partial charge in [-0.3, -0.25) is 9.36 Å². The molecule has 1 atom stereocenters. The van der Waals surface area contributed by atoms with Crippen LogP contribution in [0.2, 0.25) is 0 Å². The van der Waals surface area contributed by atoms with Crippen LogP contribution < -0.4 is 0 Å². The fraction of sp³-hybridized carbons (Fsp3) is 0.238. The number of aryl methyl sites for hydroxylation is 1. The lowest BCUT2D eigenvalue weighted by molar-refractivity contribution is -0.128. The number of benzene rings is 2. The second-order valence-electron chi connectivity index (χ2n) is 6.39. The summed E-state index contributed by atoms with van der Waals surface area (Å²) in [4.78, 5) is 18.7. The number of nitrogens with zero attached hydrogens (tertiary/aromatic N) is 3. The summed E-state index contributed by atoms with van der Waals surface area (Å²) in [6.45, 7) is 3.98. The fourth-order valence-corrected chi connectivity index (χ4v) is 3.71. The number of imidazole rings is 1. The third kappa shape index (κ3) is 4.39. The zero-order valence-corrected chi connectivity index (χ0v) is 16.4. The highest BCUT2D eigenvalue weighted by atomic mass is 32.2. The molecule has 27 heavy (non-hydrogen) atoms. The summed E-state index contributed by atoms with van der Waals surface area (Å²) in [5, 5.41) is 0.778. The first-order valence-electron chi connectivity index (χ1n) is 8.70. The van der Waals surface area contributed by atoms with E-state index in [0.717, 1.165) is 22.0 Å². The topological polar surface area (TPSA) is 38.1 Å². The maximum atomic E-state index is 13.1. The van der Waals surface area contributed by atoms with E-state index < -0.39 is 0 Å². The van der Waals surface area contributed by atoms with E-state index in [-0.39, 0.29) is 23.5 Å². The summed E-state index contributed by atoms with van der Waals surface area (Å²) in [5.74, 6) is -0.0000307. The van der Waals surface area contributed by atoms with E-state index >= 15 is 0 Å². The summed E-state index contributed by atoms with van der Waals surface area (Å²) < 4.78 is 15.1. The Kier molecular flexibility index (Phi) is 5.96. The van der Waals surface area contributed by atoms with Gasteiger partial charge in [-0.25, -0.2) is 9.37 Å². The van der Waals surface area contributed by atoms with E-state index in [9.17, 15) is 9.18 Å². The summed E-state index contributed by atoms with van der Waals surface area (Å²) in [6, 6.07) is 14.2. The molecule has 1 amide bonds. The first-order valence-corrected chi connectivity index (χ1v) is 9.69. The molecular formula is C21H22FN3OS. The Balaban J connectivity index is 1.67. The van der Waals surface area contributed by atoms with E-state index in [1.165, 1.54) is 23.9 Å². The van der Waals surface area contributed by atoms with Crippen molar-refractivity contribution in [2.75, 3.05) is 12.8 Å². The third-order valence-electron chi connectivity index (χ3n) is 4.63. The van der Waals surface area contributed by atoms with Gasteiger partial charge >= 0.3 is 0 Å². The lowest BCUT2D eigenvalue weighted by atomic mass is 10.1. The maximum Gasteiger partial charge on any atom is 0.233 e. The van der Waals surface area contributed by atoms with Crippen LogP contribution in [0.15, 0.2) is 66.1 Å². The van der Waals surface area contributed by atoms with Crippen LogP contribution >= 0.6 is 11.8 Å². The molecule has 4 nitrogen and oxygen atoms in total. The number of halogens is 1. The fourth-order valence-electron chi connectivity index (χ4n) is 2.82. The SMILES string of the molecule is Cc1ccccc1-n1ccnc1SCC(=O)N(C)C(C)c1ccc(F)cc1. The van der Waals surface area contributed by atoms with Crippen molar-refractivity contribution in [3.8, 4) is 5.69 Å². The lowest BCUT2D eigenvalue weighted by Gasteiger charge is -2.25.